The van der Waals surface area contributed by atoms with Crippen molar-refractivity contribution in [3.8, 4) is 5.75 Å². The quantitative estimate of drug-likeness (QED) is 0.331. The molecule has 182 valence electrons. The predicted octanol–water partition coefficient (Wildman–Crippen LogP) is 5.46. The number of benzene rings is 2. The van der Waals surface area contributed by atoms with E-state index in [4.69, 9.17) is 4.74 Å². The first-order chi connectivity index (χ1) is 17.0. The maximum absolute atomic E-state index is 13.2. The van der Waals surface area contributed by atoms with Crippen LogP contribution in [-0.4, -0.2) is 41.1 Å². The first-order valence-electron chi connectivity index (χ1n) is 12.7. The molecule has 2 aromatic rings. The predicted molar refractivity (Wildman–Crippen MR) is 136 cm³/mol. The monoisotopic (exact) mass is 471 g/mol. The number of ether oxygens (including phenoxy) is 1. The first-order valence-corrected chi connectivity index (χ1v) is 12.7. The molecule has 2 heterocycles. The summed E-state index contributed by atoms with van der Waals surface area (Å²) in [5, 5.41) is 9.65. The van der Waals surface area contributed by atoms with Crippen LogP contribution in [0, 0.1) is 17.8 Å². The van der Waals surface area contributed by atoms with E-state index in [0.717, 1.165) is 30.4 Å². The third kappa shape index (κ3) is 4.45. The highest BCUT2D eigenvalue weighted by Crippen LogP contribution is 2.49. The van der Waals surface area contributed by atoms with Crippen molar-refractivity contribution in [3.05, 3.63) is 76.9 Å². The van der Waals surface area contributed by atoms with Crippen molar-refractivity contribution in [1.29, 1.82) is 0 Å². The fraction of sp³-hybridized carbons (Fsp3) is 0.400. The van der Waals surface area contributed by atoms with E-state index < -0.39 is 0 Å². The minimum Gasteiger partial charge on any atom is -0.508 e. The van der Waals surface area contributed by atoms with Crippen LogP contribution in [0.3, 0.4) is 0 Å². The number of carbonyl (C=O) groups excluding carboxylic acids is 2. The zero-order valence-electron chi connectivity index (χ0n) is 20.4. The number of carbonyl (C=O) groups is 2. The third-order valence-electron chi connectivity index (χ3n) is 7.75. The third-order valence-corrected chi connectivity index (χ3v) is 7.75. The number of rotatable bonds is 7. The van der Waals surface area contributed by atoms with Gasteiger partial charge >= 0.3 is 0 Å². The van der Waals surface area contributed by atoms with Gasteiger partial charge in [0.15, 0.2) is 0 Å². The number of imide groups is 1. The molecule has 0 saturated carbocycles. The Morgan fingerprint density at radius 2 is 1.80 bits per heavy atom. The average Bonchev–Trinajstić information content (AvgIpc) is 3.39. The van der Waals surface area contributed by atoms with Crippen LogP contribution in [0.15, 0.2) is 65.7 Å². The smallest absolute Gasteiger partial charge is 0.233 e. The molecule has 1 aliphatic carbocycles. The normalized spacial score (nSPS) is 26.3. The molecular weight excluding hydrogens is 438 g/mol. The Kier molecular flexibility index (Phi) is 6.61. The van der Waals surface area contributed by atoms with E-state index in [1.54, 1.807) is 12.1 Å². The topological polar surface area (TPSA) is 66.8 Å². The average molecular weight is 472 g/mol. The second-order valence-electron chi connectivity index (χ2n) is 9.99. The maximum atomic E-state index is 13.2. The minimum absolute atomic E-state index is 0.00157. The fourth-order valence-corrected chi connectivity index (χ4v) is 6.15. The van der Waals surface area contributed by atoms with Crippen LogP contribution in [0.4, 0.5) is 0 Å². The number of nitrogens with zero attached hydrogens (tertiary/aromatic N) is 1. The van der Waals surface area contributed by atoms with Gasteiger partial charge in [-0.25, -0.2) is 0 Å². The van der Waals surface area contributed by atoms with Crippen molar-refractivity contribution in [2.24, 2.45) is 17.8 Å². The van der Waals surface area contributed by atoms with Gasteiger partial charge in [0, 0.05) is 12.5 Å². The van der Waals surface area contributed by atoms with E-state index in [9.17, 15) is 14.7 Å². The zero-order valence-corrected chi connectivity index (χ0v) is 20.4. The SMILES string of the molecule is CCCN1C(=O)[C@@H]2[C@@H](CC(C)=C3[C@@H](CC/C(=C/c4ccc(O)cc4)c4ccccc4)OC[C@@H]32)C1=O. The number of hydrogen-bond acceptors (Lipinski definition) is 4. The van der Waals surface area contributed by atoms with Crippen LogP contribution in [0.5, 0.6) is 5.75 Å². The molecule has 35 heavy (non-hydrogen) atoms. The molecular formula is C30H33NO4. The molecule has 4 atom stereocenters. The van der Waals surface area contributed by atoms with Gasteiger partial charge in [0.1, 0.15) is 5.75 Å². The molecule has 2 saturated heterocycles. The highest BCUT2D eigenvalue weighted by molar-refractivity contribution is 6.05. The van der Waals surface area contributed by atoms with Gasteiger partial charge in [-0.3, -0.25) is 14.5 Å². The molecule has 0 aromatic heterocycles. The van der Waals surface area contributed by atoms with Crippen molar-refractivity contribution < 1.29 is 19.4 Å². The highest BCUT2D eigenvalue weighted by atomic mass is 16.5. The summed E-state index contributed by atoms with van der Waals surface area (Å²) in [6.45, 7) is 5.14. The Balaban J connectivity index is 1.37. The summed E-state index contributed by atoms with van der Waals surface area (Å²) in [6.07, 6.45) is 5.23. The summed E-state index contributed by atoms with van der Waals surface area (Å²) in [5.74, 6) is -0.217. The summed E-state index contributed by atoms with van der Waals surface area (Å²) in [5.41, 5.74) is 5.88. The molecule has 3 aliphatic rings. The van der Waals surface area contributed by atoms with Gasteiger partial charge in [-0.15, -0.1) is 0 Å². The van der Waals surface area contributed by atoms with Gasteiger partial charge < -0.3 is 9.84 Å². The van der Waals surface area contributed by atoms with Crippen molar-refractivity contribution in [2.45, 2.75) is 45.6 Å². The molecule has 5 heteroatoms. The van der Waals surface area contributed by atoms with Crippen LogP contribution >= 0.6 is 0 Å². The van der Waals surface area contributed by atoms with Crippen LogP contribution in [0.25, 0.3) is 11.6 Å². The van der Waals surface area contributed by atoms with E-state index in [0.29, 0.717) is 19.6 Å². The minimum atomic E-state index is -0.265. The van der Waals surface area contributed by atoms with Crippen LogP contribution in [0.1, 0.15) is 50.7 Å². The number of hydrogen-bond donors (Lipinski definition) is 1. The first kappa shape index (κ1) is 23.6. The summed E-state index contributed by atoms with van der Waals surface area (Å²) in [6, 6.07) is 17.6. The molecule has 5 nitrogen and oxygen atoms in total. The van der Waals surface area contributed by atoms with E-state index in [2.05, 4.69) is 25.1 Å². The summed E-state index contributed by atoms with van der Waals surface area (Å²) < 4.78 is 6.31. The number of phenolic OH excluding ortho intramolecular Hbond substituents is 1. The van der Waals surface area contributed by atoms with Crippen molar-refractivity contribution in [2.75, 3.05) is 13.2 Å². The number of aromatic hydroxyl groups is 1. The Hall–Kier alpha value is -3.18. The fourth-order valence-electron chi connectivity index (χ4n) is 6.15. The van der Waals surface area contributed by atoms with E-state index >= 15 is 0 Å². The van der Waals surface area contributed by atoms with Gasteiger partial charge in [0.05, 0.1) is 24.5 Å². The number of likely N-dealkylation sites (tertiary alicyclic amines) is 1. The highest BCUT2D eigenvalue weighted by Gasteiger charge is 2.56. The van der Waals surface area contributed by atoms with Crippen molar-refractivity contribution >= 4 is 23.5 Å². The van der Waals surface area contributed by atoms with Crippen LogP contribution in [-0.2, 0) is 14.3 Å². The van der Waals surface area contributed by atoms with Crippen molar-refractivity contribution in [1.82, 2.24) is 4.90 Å². The number of allylic oxidation sites excluding steroid dienone is 2. The Morgan fingerprint density at radius 1 is 1.06 bits per heavy atom. The second-order valence-corrected chi connectivity index (χ2v) is 9.99. The zero-order chi connectivity index (χ0) is 24.5. The molecule has 0 spiro atoms. The lowest BCUT2D eigenvalue weighted by Gasteiger charge is -2.30. The van der Waals surface area contributed by atoms with E-state index in [1.807, 2.05) is 37.3 Å². The molecule has 0 radical (unpaired) electrons. The lowest BCUT2D eigenvalue weighted by Crippen LogP contribution is -2.34. The molecule has 0 bridgehead atoms. The Labute approximate surface area is 207 Å². The second kappa shape index (κ2) is 9.82. The lowest BCUT2D eigenvalue weighted by atomic mass is 9.70. The molecule has 5 rings (SSSR count). The molecule has 1 N–H and O–H groups in total. The number of fused-ring (bicyclic) bond motifs is 3. The van der Waals surface area contributed by atoms with Crippen LogP contribution in [0.2, 0.25) is 0 Å². The summed E-state index contributed by atoms with van der Waals surface area (Å²) in [4.78, 5) is 27.6. The molecule has 2 amide bonds. The maximum Gasteiger partial charge on any atom is 0.233 e. The number of amides is 2. The molecule has 2 aliphatic heterocycles. The van der Waals surface area contributed by atoms with E-state index in [-0.39, 0.29) is 41.4 Å². The Morgan fingerprint density at radius 3 is 2.51 bits per heavy atom. The van der Waals surface area contributed by atoms with Crippen LogP contribution < -0.4 is 0 Å². The van der Waals surface area contributed by atoms with Gasteiger partial charge in [-0.2, -0.15) is 0 Å². The van der Waals surface area contributed by atoms with Gasteiger partial charge in [-0.1, -0.05) is 61.0 Å². The van der Waals surface area contributed by atoms with Crippen molar-refractivity contribution in [3.63, 3.8) is 0 Å². The number of phenols is 1. The Bertz CT molecular complexity index is 1160. The molecule has 2 fully saturated rings. The lowest BCUT2D eigenvalue weighted by molar-refractivity contribution is -0.140. The van der Waals surface area contributed by atoms with Gasteiger partial charge in [0.25, 0.3) is 0 Å². The van der Waals surface area contributed by atoms with Gasteiger partial charge in [0.2, 0.25) is 11.8 Å². The standard InChI is InChI=1S/C30H33NO4/c1-3-15-31-29(33)24-16-19(2)27-25(28(24)30(31)34)18-35-26(27)14-11-22(21-7-5-4-6-8-21)17-20-9-12-23(32)13-10-20/h4-10,12-13,17,24-26,28,32H,3,11,14-16,18H2,1-2H3/b22-17-/t24-,25+,26-,28-/m1/s1. The molecule has 2 aromatic carbocycles. The van der Waals surface area contributed by atoms with Gasteiger partial charge in [-0.05, 0) is 67.0 Å². The largest absolute Gasteiger partial charge is 0.508 e. The molecule has 0 unspecified atom stereocenters. The van der Waals surface area contributed by atoms with E-state index in [1.165, 1.54) is 21.6 Å². The summed E-state index contributed by atoms with van der Waals surface area (Å²) >= 11 is 0. The summed E-state index contributed by atoms with van der Waals surface area (Å²) in [7, 11) is 0.